The van der Waals surface area contributed by atoms with Gasteiger partial charge in [0, 0.05) is 32.2 Å². The molecule has 1 aliphatic heterocycles. The van der Waals surface area contributed by atoms with Crippen molar-refractivity contribution in [2.24, 2.45) is 0 Å². The summed E-state index contributed by atoms with van der Waals surface area (Å²) in [7, 11) is 0. The fourth-order valence-corrected chi connectivity index (χ4v) is 2.57. The van der Waals surface area contributed by atoms with Gasteiger partial charge in [0.05, 0.1) is 16.6 Å². The summed E-state index contributed by atoms with van der Waals surface area (Å²) in [5.74, 6) is 0. The molecule has 0 amide bonds. The van der Waals surface area contributed by atoms with E-state index in [4.69, 9.17) is 0 Å². The van der Waals surface area contributed by atoms with Crippen molar-refractivity contribution in [2.75, 3.05) is 32.7 Å². The third-order valence-corrected chi connectivity index (χ3v) is 3.77. The van der Waals surface area contributed by atoms with Crippen LogP contribution in [-0.2, 0) is 0 Å². The Balaban J connectivity index is 2.22. The Morgan fingerprint density at radius 3 is 2.55 bits per heavy atom. The topological polar surface area (TPSA) is 73.4 Å². The summed E-state index contributed by atoms with van der Waals surface area (Å²) in [6.45, 7) is 6.43. The molecule has 1 heterocycles. The molecule has 1 aromatic carbocycles. The van der Waals surface area contributed by atoms with E-state index in [0.29, 0.717) is 5.56 Å². The molecule has 1 fully saturated rings. The zero-order valence-corrected chi connectivity index (χ0v) is 11.5. The van der Waals surface area contributed by atoms with Crippen LogP contribution in [-0.4, -0.2) is 47.4 Å². The van der Waals surface area contributed by atoms with Crippen molar-refractivity contribution in [3.63, 3.8) is 0 Å². The van der Waals surface area contributed by atoms with Crippen LogP contribution in [0, 0.1) is 21.4 Å². The summed E-state index contributed by atoms with van der Waals surface area (Å²) in [6, 6.07) is 8.19. The molecule has 1 saturated heterocycles. The molecule has 0 N–H and O–H groups in total. The van der Waals surface area contributed by atoms with Crippen molar-refractivity contribution < 1.29 is 4.92 Å². The highest BCUT2D eigenvalue weighted by Crippen LogP contribution is 2.29. The van der Waals surface area contributed by atoms with E-state index in [1.165, 1.54) is 6.07 Å². The summed E-state index contributed by atoms with van der Waals surface area (Å²) in [4.78, 5) is 15.0. The van der Waals surface area contributed by atoms with Crippen LogP contribution >= 0.6 is 0 Å². The van der Waals surface area contributed by atoms with Gasteiger partial charge in [-0.05, 0) is 12.6 Å². The van der Waals surface area contributed by atoms with Crippen LogP contribution in [0.15, 0.2) is 24.3 Å². The molecule has 6 heteroatoms. The maximum absolute atomic E-state index is 11.1. The van der Waals surface area contributed by atoms with Crippen LogP contribution in [0.2, 0.25) is 0 Å². The minimum atomic E-state index is -0.546. The zero-order valence-electron chi connectivity index (χ0n) is 11.5. The Kier molecular flexibility index (Phi) is 4.66. The second-order valence-corrected chi connectivity index (χ2v) is 4.82. The number of nitro groups is 1. The number of hydrogen-bond donors (Lipinski definition) is 0. The Morgan fingerprint density at radius 2 is 2.00 bits per heavy atom. The van der Waals surface area contributed by atoms with Crippen molar-refractivity contribution in [1.82, 2.24) is 9.80 Å². The molecule has 0 spiro atoms. The molecule has 0 radical (unpaired) electrons. The van der Waals surface area contributed by atoms with E-state index in [9.17, 15) is 15.4 Å². The van der Waals surface area contributed by atoms with Gasteiger partial charge in [0.15, 0.2) is 0 Å². The maximum atomic E-state index is 11.1. The van der Waals surface area contributed by atoms with Crippen LogP contribution in [0.1, 0.15) is 18.5 Å². The highest BCUT2D eigenvalue weighted by molar-refractivity contribution is 5.44. The first kappa shape index (κ1) is 14.4. The minimum Gasteiger partial charge on any atom is -0.301 e. The maximum Gasteiger partial charge on any atom is 0.275 e. The van der Waals surface area contributed by atoms with E-state index >= 15 is 0 Å². The third-order valence-electron chi connectivity index (χ3n) is 3.77. The minimum absolute atomic E-state index is 0.0250. The molecular formula is C14H18N4O2. The number of benzene rings is 1. The van der Waals surface area contributed by atoms with Gasteiger partial charge >= 0.3 is 0 Å². The lowest BCUT2D eigenvalue weighted by atomic mass is 10.0. The smallest absolute Gasteiger partial charge is 0.275 e. The van der Waals surface area contributed by atoms with E-state index in [1.54, 1.807) is 18.2 Å². The van der Waals surface area contributed by atoms with E-state index in [1.807, 2.05) is 4.90 Å². The number of nitriles is 1. The predicted molar refractivity (Wildman–Crippen MR) is 75.1 cm³/mol. The van der Waals surface area contributed by atoms with Crippen LogP contribution in [0.3, 0.4) is 0 Å². The normalized spacial score (nSPS) is 18.4. The average Bonchev–Trinajstić information content (AvgIpc) is 2.49. The SMILES string of the molecule is CCN1CCN(C(C#N)c2ccccc2[N+](=O)[O-])CC1. The lowest BCUT2D eigenvalue weighted by Gasteiger charge is -2.36. The van der Waals surface area contributed by atoms with Crippen LogP contribution < -0.4 is 0 Å². The molecule has 0 bridgehead atoms. The summed E-state index contributed by atoms with van der Waals surface area (Å²) >= 11 is 0. The fraction of sp³-hybridized carbons (Fsp3) is 0.500. The Bertz CT molecular complexity index is 518. The highest BCUT2D eigenvalue weighted by Gasteiger charge is 2.29. The van der Waals surface area contributed by atoms with Gasteiger partial charge in [-0.2, -0.15) is 5.26 Å². The number of nitrogens with zero attached hydrogens (tertiary/aromatic N) is 4. The Hall–Kier alpha value is -1.97. The molecule has 1 atom stereocenters. The van der Waals surface area contributed by atoms with Gasteiger partial charge in [0.25, 0.3) is 5.69 Å². The second kappa shape index (κ2) is 6.46. The second-order valence-electron chi connectivity index (χ2n) is 4.82. The number of likely N-dealkylation sites (N-methyl/N-ethyl adjacent to an activating group) is 1. The van der Waals surface area contributed by atoms with Crippen molar-refractivity contribution >= 4 is 5.69 Å². The number of nitro benzene ring substituents is 1. The van der Waals surface area contributed by atoms with Gasteiger partial charge < -0.3 is 4.90 Å². The number of hydrogen-bond acceptors (Lipinski definition) is 5. The van der Waals surface area contributed by atoms with E-state index in [2.05, 4.69) is 17.9 Å². The van der Waals surface area contributed by atoms with Gasteiger partial charge in [-0.25, -0.2) is 0 Å². The summed E-state index contributed by atoms with van der Waals surface area (Å²) in [5, 5.41) is 20.5. The number of para-hydroxylation sites is 1. The summed E-state index contributed by atoms with van der Waals surface area (Å²) in [5.41, 5.74) is 0.516. The molecule has 20 heavy (non-hydrogen) atoms. The first-order chi connectivity index (χ1) is 9.67. The molecule has 106 valence electrons. The van der Waals surface area contributed by atoms with Crippen molar-refractivity contribution in [1.29, 1.82) is 5.26 Å². The monoisotopic (exact) mass is 274 g/mol. The molecule has 0 aliphatic carbocycles. The first-order valence-corrected chi connectivity index (χ1v) is 6.76. The summed E-state index contributed by atoms with van der Waals surface area (Å²) < 4.78 is 0. The van der Waals surface area contributed by atoms with Gasteiger partial charge in [0.2, 0.25) is 0 Å². The molecule has 1 aromatic rings. The molecule has 6 nitrogen and oxygen atoms in total. The highest BCUT2D eigenvalue weighted by atomic mass is 16.6. The summed E-state index contributed by atoms with van der Waals surface area (Å²) in [6.07, 6.45) is 0. The van der Waals surface area contributed by atoms with Crippen molar-refractivity contribution in [3.8, 4) is 6.07 Å². The molecular weight excluding hydrogens is 256 g/mol. The first-order valence-electron chi connectivity index (χ1n) is 6.76. The van der Waals surface area contributed by atoms with Gasteiger partial charge in [0.1, 0.15) is 6.04 Å². The quantitative estimate of drug-likeness (QED) is 0.618. The molecule has 0 aromatic heterocycles. The van der Waals surface area contributed by atoms with Gasteiger partial charge in [-0.3, -0.25) is 15.0 Å². The van der Waals surface area contributed by atoms with Gasteiger partial charge in [-0.1, -0.05) is 19.1 Å². The average molecular weight is 274 g/mol. The van der Waals surface area contributed by atoms with E-state index in [0.717, 1.165) is 32.7 Å². The molecule has 0 saturated carbocycles. The molecule has 2 rings (SSSR count). The largest absolute Gasteiger partial charge is 0.301 e. The standard InChI is InChI=1S/C14H18N4O2/c1-2-16-7-9-17(10-8-16)14(11-15)12-5-3-4-6-13(12)18(19)20/h3-6,14H,2,7-10H2,1H3. The lowest BCUT2D eigenvalue weighted by molar-refractivity contribution is -0.385. The molecule has 1 unspecified atom stereocenters. The van der Waals surface area contributed by atoms with E-state index in [-0.39, 0.29) is 5.69 Å². The Labute approximate surface area is 118 Å². The van der Waals surface area contributed by atoms with E-state index < -0.39 is 11.0 Å². The van der Waals surface area contributed by atoms with Gasteiger partial charge in [-0.15, -0.1) is 0 Å². The van der Waals surface area contributed by atoms with Crippen LogP contribution in [0.5, 0.6) is 0 Å². The van der Waals surface area contributed by atoms with Crippen molar-refractivity contribution in [2.45, 2.75) is 13.0 Å². The van der Waals surface area contributed by atoms with Crippen molar-refractivity contribution in [3.05, 3.63) is 39.9 Å². The number of piperazine rings is 1. The predicted octanol–water partition coefficient (Wildman–Crippen LogP) is 1.80. The third kappa shape index (κ3) is 2.95. The zero-order chi connectivity index (χ0) is 14.5. The molecule has 1 aliphatic rings. The van der Waals surface area contributed by atoms with Crippen LogP contribution in [0.4, 0.5) is 5.69 Å². The fourth-order valence-electron chi connectivity index (χ4n) is 2.57. The lowest BCUT2D eigenvalue weighted by Crippen LogP contribution is -2.47. The number of rotatable bonds is 4. The Morgan fingerprint density at radius 1 is 1.35 bits per heavy atom. The van der Waals surface area contributed by atoms with Crippen LogP contribution in [0.25, 0.3) is 0 Å².